The van der Waals surface area contributed by atoms with Crippen molar-refractivity contribution in [3.63, 3.8) is 0 Å². The normalized spacial score (nSPS) is 15.0. The number of benzene rings is 1. The van der Waals surface area contributed by atoms with Gasteiger partial charge in [0.25, 0.3) is 0 Å². The Bertz CT molecular complexity index is 323. The van der Waals surface area contributed by atoms with Gasteiger partial charge in [-0.1, -0.05) is 19.1 Å². The topological polar surface area (TPSA) is 46.2 Å². The summed E-state index contributed by atoms with van der Waals surface area (Å²) in [5.74, 6) is -0.207. The van der Waals surface area contributed by atoms with Crippen LogP contribution in [0.25, 0.3) is 0 Å². The molecule has 0 aliphatic heterocycles. The molecule has 3 N–H and O–H groups in total. The fourth-order valence-corrected chi connectivity index (χ4v) is 1.64. The second-order valence-corrected chi connectivity index (χ2v) is 3.86. The lowest BCUT2D eigenvalue weighted by atomic mass is 9.93. The molecule has 2 unspecified atom stereocenters. The summed E-state index contributed by atoms with van der Waals surface area (Å²) in [6, 6.07) is 4.68. The molecule has 1 rings (SSSR count). The van der Waals surface area contributed by atoms with Crippen LogP contribution in [0.5, 0.6) is 0 Å². The van der Waals surface area contributed by atoms with E-state index in [1.807, 2.05) is 6.92 Å². The van der Waals surface area contributed by atoms with E-state index in [9.17, 15) is 9.50 Å². The van der Waals surface area contributed by atoms with Crippen molar-refractivity contribution in [3.05, 3.63) is 35.1 Å². The summed E-state index contributed by atoms with van der Waals surface area (Å²) in [5, 5.41) is 9.99. The summed E-state index contributed by atoms with van der Waals surface area (Å²) in [4.78, 5) is 0. The first kappa shape index (κ1) is 12.1. The van der Waals surface area contributed by atoms with E-state index in [1.54, 1.807) is 19.1 Å². The van der Waals surface area contributed by atoms with Crippen molar-refractivity contribution in [1.29, 1.82) is 0 Å². The van der Waals surface area contributed by atoms with Crippen molar-refractivity contribution in [2.24, 2.45) is 11.7 Å². The molecule has 0 radical (unpaired) electrons. The average molecular weight is 211 g/mol. The van der Waals surface area contributed by atoms with Crippen molar-refractivity contribution in [3.8, 4) is 0 Å². The molecule has 0 spiro atoms. The van der Waals surface area contributed by atoms with E-state index in [-0.39, 0.29) is 11.7 Å². The third kappa shape index (κ3) is 2.76. The number of aryl methyl sites for hydroxylation is 1. The molecule has 0 amide bonds. The summed E-state index contributed by atoms with van der Waals surface area (Å²) in [6.07, 6.45) is 0.216. The zero-order valence-electron chi connectivity index (χ0n) is 9.20. The Kier molecular flexibility index (Phi) is 4.24. The second kappa shape index (κ2) is 5.24. The molecule has 3 heteroatoms. The summed E-state index contributed by atoms with van der Waals surface area (Å²) in [7, 11) is 0. The highest BCUT2D eigenvalue weighted by atomic mass is 19.1. The molecule has 1 aromatic rings. The minimum Gasteiger partial charge on any atom is -0.388 e. The Morgan fingerprint density at radius 3 is 2.60 bits per heavy atom. The molecule has 0 aliphatic rings. The van der Waals surface area contributed by atoms with Crippen molar-refractivity contribution >= 4 is 0 Å². The number of hydrogen-bond acceptors (Lipinski definition) is 2. The van der Waals surface area contributed by atoms with Crippen LogP contribution in [0.3, 0.4) is 0 Å². The molecule has 2 atom stereocenters. The highest BCUT2D eigenvalue weighted by molar-refractivity contribution is 5.26. The van der Waals surface area contributed by atoms with Crippen LogP contribution in [0.2, 0.25) is 0 Å². The smallest absolute Gasteiger partial charge is 0.126 e. The Hall–Kier alpha value is -0.930. The molecular weight excluding hydrogens is 193 g/mol. The fraction of sp³-hybridized carbons (Fsp3) is 0.500. The zero-order chi connectivity index (χ0) is 11.4. The lowest BCUT2D eigenvalue weighted by molar-refractivity contribution is 0.110. The fourth-order valence-electron chi connectivity index (χ4n) is 1.64. The van der Waals surface area contributed by atoms with Crippen LogP contribution >= 0.6 is 0 Å². The van der Waals surface area contributed by atoms with Crippen LogP contribution in [0, 0.1) is 18.7 Å². The van der Waals surface area contributed by atoms with Crippen molar-refractivity contribution in [2.45, 2.75) is 26.4 Å². The highest BCUT2D eigenvalue weighted by Gasteiger charge is 2.18. The van der Waals surface area contributed by atoms with E-state index < -0.39 is 6.10 Å². The number of hydrogen-bond donors (Lipinski definition) is 2. The minimum absolute atomic E-state index is 0.0369. The molecular formula is C12H18FNO. The number of aliphatic hydroxyl groups excluding tert-OH is 1. The number of rotatable bonds is 4. The first-order valence-electron chi connectivity index (χ1n) is 5.24. The van der Waals surface area contributed by atoms with E-state index >= 15 is 0 Å². The zero-order valence-corrected chi connectivity index (χ0v) is 9.20. The van der Waals surface area contributed by atoms with Gasteiger partial charge >= 0.3 is 0 Å². The Labute approximate surface area is 89.9 Å². The molecule has 0 fully saturated rings. The maximum Gasteiger partial charge on any atom is 0.126 e. The number of halogens is 1. The van der Waals surface area contributed by atoms with E-state index in [0.717, 1.165) is 12.0 Å². The third-order valence-electron chi connectivity index (χ3n) is 2.80. The summed E-state index contributed by atoms with van der Waals surface area (Å²) in [5.41, 5.74) is 6.85. The number of aliphatic hydroxyl groups is 1. The van der Waals surface area contributed by atoms with E-state index in [1.165, 1.54) is 6.07 Å². The summed E-state index contributed by atoms with van der Waals surface area (Å²) < 4.78 is 13.0. The predicted octanol–water partition coefficient (Wildman–Crippen LogP) is 2.15. The Morgan fingerprint density at radius 2 is 2.13 bits per heavy atom. The molecule has 0 aromatic heterocycles. The van der Waals surface area contributed by atoms with Crippen molar-refractivity contribution in [2.75, 3.05) is 6.54 Å². The van der Waals surface area contributed by atoms with Crippen LogP contribution < -0.4 is 5.73 Å². The van der Waals surface area contributed by atoms with Gasteiger partial charge in [-0.05, 0) is 37.1 Å². The van der Waals surface area contributed by atoms with E-state index in [4.69, 9.17) is 5.73 Å². The van der Waals surface area contributed by atoms with Gasteiger partial charge in [-0.15, -0.1) is 0 Å². The first-order chi connectivity index (χ1) is 7.10. The first-order valence-corrected chi connectivity index (χ1v) is 5.24. The molecule has 1 aromatic carbocycles. The maximum absolute atomic E-state index is 13.0. The van der Waals surface area contributed by atoms with Crippen molar-refractivity contribution < 1.29 is 9.50 Å². The number of nitrogens with two attached hydrogens (primary N) is 1. The predicted molar refractivity (Wildman–Crippen MR) is 58.9 cm³/mol. The average Bonchev–Trinajstić information content (AvgIpc) is 2.23. The largest absolute Gasteiger partial charge is 0.388 e. The standard InChI is InChI=1S/C12H18FNO/c1-3-9(7-14)12(15)10-4-5-11(13)8(2)6-10/h4-6,9,12,15H,3,7,14H2,1-2H3. The van der Waals surface area contributed by atoms with Crippen LogP contribution in [0.15, 0.2) is 18.2 Å². The molecule has 0 heterocycles. The molecule has 84 valence electrons. The second-order valence-electron chi connectivity index (χ2n) is 3.86. The SMILES string of the molecule is CCC(CN)C(O)c1ccc(F)c(C)c1. The quantitative estimate of drug-likeness (QED) is 0.801. The van der Waals surface area contributed by atoms with Crippen LogP contribution in [-0.2, 0) is 0 Å². The Morgan fingerprint density at radius 1 is 1.47 bits per heavy atom. The van der Waals surface area contributed by atoms with Gasteiger partial charge in [-0.3, -0.25) is 0 Å². The molecule has 0 saturated carbocycles. The van der Waals surface area contributed by atoms with Gasteiger partial charge in [-0.2, -0.15) is 0 Å². The molecule has 0 saturated heterocycles. The van der Waals surface area contributed by atoms with E-state index in [0.29, 0.717) is 12.1 Å². The van der Waals surface area contributed by atoms with Crippen LogP contribution in [0.4, 0.5) is 4.39 Å². The highest BCUT2D eigenvalue weighted by Crippen LogP contribution is 2.25. The lowest BCUT2D eigenvalue weighted by Gasteiger charge is -2.20. The van der Waals surface area contributed by atoms with Gasteiger partial charge in [-0.25, -0.2) is 4.39 Å². The van der Waals surface area contributed by atoms with Gasteiger partial charge in [0.1, 0.15) is 5.82 Å². The van der Waals surface area contributed by atoms with Gasteiger partial charge in [0.05, 0.1) is 6.10 Å². The van der Waals surface area contributed by atoms with Gasteiger partial charge < -0.3 is 10.8 Å². The maximum atomic E-state index is 13.0. The summed E-state index contributed by atoms with van der Waals surface area (Å²) in [6.45, 7) is 4.11. The molecule has 0 aliphatic carbocycles. The Balaban J connectivity index is 2.90. The van der Waals surface area contributed by atoms with Gasteiger partial charge in [0, 0.05) is 5.92 Å². The van der Waals surface area contributed by atoms with E-state index in [2.05, 4.69) is 0 Å². The van der Waals surface area contributed by atoms with Crippen LogP contribution in [-0.4, -0.2) is 11.7 Å². The molecule has 2 nitrogen and oxygen atoms in total. The lowest BCUT2D eigenvalue weighted by Crippen LogP contribution is -2.21. The molecule has 0 bridgehead atoms. The van der Waals surface area contributed by atoms with Gasteiger partial charge in [0.2, 0.25) is 0 Å². The summed E-state index contributed by atoms with van der Waals surface area (Å²) >= 11 is 0. The van der Waals surface area contributed by atoms with Gasteiger partial charge in [0.15, 0.2) is 0 Å². The monoisotopic (exact) mass is 211 g/mol. The molecule has 15 heavy (non-hydrogen) atoms. The van der Waals surface area contributed by atoms with Crippen molar-refractivity contribution in [1.82, 2.24) is 0 Å². The minimum atomic E-state index is -0.598. The van der Waals surface area contributed by atoms with Crippen LogP contribution in [0.1, 0.15) is 30.6 Å². The third-order valence-corrected chi connectivity index (χ3v) is 2.80.